The number of carbonyl (C=O) groups excluding carboxylic acids is 3. The molecule has 1 rings (SSSR count). The maximum atomic E-state index is 11.9. The lowest BCUT2D eigenvalue weighted by molar-refractivity contribution is -0.139. The number of ether oxygens (including phenoxy) is 1. The zero-order chi connectivity index (χ0) is 20.4. The molecule has 0 spiro atoms. The van der Waals surface area contributed by atoms with Crippen LogP contribution in [0.2, 0.25) is 0 Å². The number of benzene rings is 1. The predicted octanol–water partition coefficient (Wildman–Crippen LogP) is 2.13. The standard InChI is InChI=1S/C19H26N2O6/c1-19(2,3)27-18(26)21-14(17(24)25)11-7-8-12-20-16(23)15(22)13-9-5-4-6-10-13/h4-6,9-10,14H,7-8,11-12H2,1-3H3,(H,20,23)(H,21,26)(H,24,25)/t14-/m0/s1. The van der Waals surface area contributed by atoms with Crippen LogP contribution < -0.4 is 10.6 Å². The highest BCUT2D eigenvalue weighted by Gasteiger charge is 2.23. The van der Waals surface area contributed by atoms with Crippen LogP contribution in [0, 0.1) is 0 Å². The van der Waals surface area contributed by atoms with E-state index >= 15 is 0 Å². The van der Waals surface area contributed by atoms with E-state index in [9.17, 15) is 24.3 Å². The van der Waals surface area contributed by atoms with E-state index in [0.717, 1.165) is 0 Å². The molecule has 1 aromatic carbocycles. The largest absolute Gasteiger partial charge is 0.480 e. The van der Waals surface area contributed by atoms with Crippen molar-refractivity contribution >= 4 is 23.8 Å². The number of carboxylic acids is 1. The van der Waals surface area contributed by atoms with Gasteiger partial charge in [0.15, 0.2) is 0 Å². The van der Waals surface area contributed by atoms with Gasteiger partial charge in [-0.25, -0.2) is 9.59 Å². The zero-order valence-corrected chi connectivity index (χ0v) is 15.8. The number of rotatable bonds is 9. The molecule has 27 heavy (non-hydrogen) atoms. The Morgan fingerprint density at radius 2 is 1.70 bits per heavy atom. The molecule has 8 heteroatoms. The lowest BCUT2D eigenvalue weighted by Gasteiger charge is -2.22. The maximum Gasteiger partial charge on any atom is 0.408 e. The summed E-state index contributed by atoms with van der Waals surface area (Å²) in [7, 11) is 0. The summed E-state index contributed by atoms with van der Waals surface area (Å²) in [6.07, 6.45) is 0.286. The average molecular weight is 378 g/mol. The van der Waals surface area contributed by atoms with Crippen molar-refractivity contribution < 1.29 is 29.0 Å². The van der Waals surface area contributed by atoms with Crippen molar-refractivity contribution in [3.63, 3.8) is 0 Å². The number of hydrogen-bond acceptors (Lipinski definition) is 5. The Labute approximate surface area is 158 Å². The molecular formula is C19H26N2O6. The smallest absolute Gasteiger partial charge is 0.408 e. The number of amides is 2. The summed E-state index contributed by atoms with van der Waals surface area (Å²) in [6.45, 7) is 5.28. The lowest BCUT2D eigenvalue weighted by Crippen LogP contribution is -2.43. The van der Waals surface area contributed by atoms with Crippen LogP contribution in [0.1, 0.15) is 50.4 Å². The molecule has 0 radical (unpaired) electrons. The first-order valence-electron chi connectivity index (χ1n) is 8.70. The van der Waals surface area contributed by atoms with Crippen LogP contribution in [0.5, 0.6) is 0 Å². The molecule has 0 bridgehead atoms. The maximum absolute atomic E-state index is 11.9. The Morgan fingerprint density at radius 3 is 2.26 bits per heavy atom. The highest BCUT2D eigenvalue weighted by molar-refractivity contribution is 6.42. The molecule has 0 heterocycles. The molecule has 0 saturated carbocycles. The van der Waals surface area contributed by atoms with Crippen molar-refractivity contribution in [2.24, 2.45) is 0 Å². The van der Waals surface area contributed by atoms with E-state index in [0.29, 0.717) is 18.4 Å². The van der Waals surface area contributed by atoms with E-state index in [1.807, 2.05) is 0 Å². The SMILES string of the molecule is CC(C)(C)OC(=O)N[C@@H](CCCCNC(=O)C(=O)c1ccccc1)C(=O)O. The lowest BCUT2D eigenvalue weighted by atomic mass is 10.1. The first-order chi connectivity index (χ1) is 12.6. The Kier molecular flexibility index (Phi) is 8.44. The molecule has 148 valence electrons. The summed E-state index contributed by atoms with van der Waals surface area (Å²) in [5.41, 5.74) is -0.412. The number of Topliss-reactive ketones (excluding diaryl/α,β-unsaturated/α-hetero) is 1. The summed E-state index contributed by atoms with van der Waals surface area (Å²) < 4.78 is 5.04. The Hall–Kier alpha value is -2.90. The van der Waals surface area contributed by atoms with Crippen LogP contribution in [0.15, 0.2) is 30.3 Å². The van der Waals surface area contributed by atoms with Gasteiger partial charge >= 0.3 is 12.1 Å². The third kappa shape index (κ3) is 8.84. The second-order valence-electron chi connectivity index (χ2n) is 6.98. The summed E-state index contributed by atoms with van der Waals surface area (Å²) in [6, 6.07) is 7.12. The van der Waals surface area contributed by atoms with Gasteiger partial charge in [0.2, 0.25) is 5.78 Å². The van der Waals surface area contributed by atoms with Crippen LogP contribution >= 0.6 is 0 Å². The van der Waals surface area contributed by atoms with Crippen LogP contribution in [0.3, 0.4) is 0 Å². The zero-order valence-electron chi connectivity index (χ0n) is 15.8. The minimum absolute atomic E-state index is 0.178. The van der Waals surface area contributed by atoms with Gasteiger partial charge in [-0.2, -0.15) is 0 Å². The summed E-state index contributed by atoms with van der Waals surface area (Å²) in [5, 5.41) is 14.0. The molecule has 0 aliphatic rings. The van der Waals surface area contributed by atoms with Crippen molar-refractivity contribution in [2.45, 2.75) is 51.7 Å². The van der Waals surface area contributed by atoms with E-state index in [2.05, 4.69) is 10.6 Å². The monoisotopic (exact) mass is 378 g/mol. The van der Waals surface area contributed by atoms with Crippen molar-refractivity contribution in [1.29, 1.82) is 0 Å². The van der Waals surface area contributed by atoms with E-state index < -0.39 is 35.4 Å². The minimum atomic E-state index is -1.16. The molecule has 0 aliphatic carbocycles. The van der Waals surface area contributed by atoms with Crippen LogP contribution in [-0.2, 0) is 14.3 Å². The summed E-state index contributed by atoms with van der Waals surface area (Å²) >= 11 is 0. The number of unbranched alkanes of at least 4 members (excludes halogenated alkanes) is 1. The Morgan fingerprint density at radius 1 is 1.07 bits per heavy atom. The fourth-order valence-electron chi connectivity index (χ4n) is 2.18. The van der Waals surface area contributed by atoms with Gasteiger partial charge in [0.25, 0.3) is 5.91 Å². The van der Waals surface area contributed by atoms with Gasteiger partial charge in [0, 0.05) is 12.1 Å². The molecule has 0 unspecified atom stereocenters. The van der Waals surface area contributed by atoms with Gasteiger partial charge < -0.3 is 20.5 Å². The normalized spacial score (nSPS) is 12.0. The summed E-state index contributed by atoms with van der Waals surface area (Å²) in [4.78, 5) is 46.6. The third-order valence-electron chi connectivity index (χ3n) is 3.44. The van der Waals surface area contributed by atoms with E-state index in [1.165, 1.54) is 0 Å². The van der Waals surface area contributed by atoms with Crippen molar-refractivity contribution in [1.82, 2.24) is 10.6 Å². The van der Waals surface area contributed by atoms with Gasteiger partial charge in [-0.05, 0) is 40.0 Å². The minimum Gasteiger partial charge on any atom is -0.480 e. The number of aliphatic carboxylic acids is 1. The number of hydrogen-bond donors (Lipinski definition) is 3. The van der Waals surface area contributed by atoms with E-state index in [4.69, 9.17) is 4.74 Å². The van der Waals surface area contributed by atoms with Gasteiger partial charge in [0.05, 0.1) is 0 Å². The topological polar surface area (TPSA) is 122 Å². The number of nitrogens with one attached hydrogen (secondary N) is 2. The molecule has 1 atom stereocenters. The first-order valence-corrected chi connectivity index (χ1v) is 8.70. The average Bonchev–Trinajstić information content (AvgIpc) is 2.58. The number of alkyl carbamates (subject to hydrolysis) is 1. The van der Waals surface area contributed by atoms with Gasteiger partial charge in [0.1, 0.15) is 11.6 Å². The summed E-state index contributed by atoms with van der Waals surface area (Å²) in [5.74, 6) is -2.49. The second kappa shape index (κ2) is 10.3. The quantitative estimate of drug-likeness (QED) is 0.344. The molecule has 8 nitrogen and oxygen atoms in total. The number of ketones is 1. The molecule has 0 fully saturated rings. The third-order valence-corrected chi connectivity index (χ3v) is 3.44. The molecule has 1 aromatic rings. The fourth-order valence-corrected chi connectivity index (χ4v) is 2.18. The van der Waals surface area contributed by atoms with E-state index in [-0.39, 0.29) is 13.0 Å². The van der Waals surface area contributed by atoms with Crippen LogP contribution in [0.25, 0.3) is 0 Å². The number of carboxylic acid groups (broad SMARTS) is 1. The van der Waals surface area contributed by atoms with Gasteiger partial charge in [-0.1, -0.05) is 30.3 Å². The van der Waals surface area contributed by atoms with Crippen LogP contribution in [0.4, 0.5) is 4.79 Å². The van der Waals surface area contributed by atoms with Crippen molar-refractivity contribution in [3.05, 3.63) is 35.9 Å². The van der Waals surface area contributed by atoms with Gasteiger partial charge in [-0.15, -0.1) is 0 Å². The molecular weight excluding hydrogens is 352 g/mol. The van der Waals surface area contributed by atoms with Crippen molar-refractivity contribution in [2.75, 3.05) is 6.54 Å². The molecule has 0 aliphatic heterocycles. The molecule has 0 saturated heterocycles. The molecule has 0 aromatic heterocycles. The predicted molar refractivity (Wildman–Crippen MR) is 98.4 cm³/mol. The van der Waals surface area contributed by atoms with Gasteiger partial charge in [-0.3, -0.25) is 9.59 Å². The van der Waals surface area contributed by atoms with E-state index in [1.54, 1.807) is 51.1 Å². The van der Waals surface area contributed by atoms with Crippen molar-refractivity contribution in [3.8, 4) is 0 Å². The Balaban J connectivity index is 2.33. The number of carbonyl (C=O) groups is 4. The van der Waals surface area contributed by atoms with Crippen LogP contribution in [-0.4, -0.2) is 47.0 Å². The highest BCUT2D eigenvalue weighted by Crippen LogP contribution is 2.08. The second-order valence-corrected chi connectivity index (χ2v) is 6.98. The highest BCUT2D eigenvalue weighted by atomic mass is 16.6. The Bertz CT molecular complexity index is 667. The first kappa shape index (κ1) is 22.1. The molecule has 3 N–H and O–H groups in total. The molecule has 2 amide bonds. The fraction of sp³-hybridized carbons (Fsp3) is 0.474.